The van der Waals surface area contributed by atoms with Crippen molar-refractivity contribution in [3.8, 4) is 12.3 Å². The molecular weight excluding hydrogens is 168 g/mol. The molecule has 4 nitrogen and oxygen atoms in total. The van der Waals surface area contributed by atoms with Gasteiger partial charge in [-0.3, -0.25) is 9.69 Å². The fourth-order valence-electron chi connectivity index (χ4n) is 1.48. The van der Waals surface area contributed by atoms with Gasteiger partial charge >= 0.3 is 6.03 Å². The monoisotopic (exact) mass is 178 g/mol. The number of rotatable bonds is 2. The second-order valence-electron chi connectivity index (χ2n) is 3.35. The topological polar surface area (TPSA) is 49.4 Å². The summed E-state index contributed by atoms with van der Waals surface area (Å²) in [7, 11) is 0. The maximum Gasteiger partial charge on any atom is 0.325 e. The number of urea groups is 1. The Balaban J connectivity index is 2.10. The third-order valence-corrected chi connectivity index (χ3v) is 2.29. The Morgan fingerprint density at radius 3 is 2.77 bits per heavy atom. The van der Waals surface area contributed by atoms with E-state index in [9.17, 15) is 9.59 Å². The number of nitrogens with one attached hydrogen (secondary N) is 1. The van der Waals surface area contributed by atoms with E-state index >= 15 is 0 Å². The van der Waals surface area contributed by atoms with Crippen LogP contribution in [0.15, 0.2) is 0 Å². The molecule has 1 heterocycles. The number of carbonyl (C=O) groups excluding carboxylic acids is 2. The highest BCUT2D eigenvalue weighted by atomic mass is 16.2. The Kier molecular flexibility index (Phi) is 1.73. The minimum absolute atomic E-state index is 0.135. The molecule has 1 saturated carbocycles. The number of imide groups is 1. The van der Waals surface area contributed by atoms with Gasteiger partial charge in [-0.25, -0.2) is 4.79 Å². The van der Waals surface area contributed by atoms with E-state index in [-0.39, 0.29) is 24.4 Å². The minimum Gasteiger partial charge on any atom is -0.325 e. The van der Waals surface area contributed by atoms with Gasteiger partial charge in [-0.15, -0.1) is 12.3 Å². The predicted molar refractivity (Wildman–Crippen MR) is 45.6 cm³/mol. The van der Waals surface area contributed by atoms with Gasteiger partial charge in [-0.05, 0) is 12.8 Å². The van der Waals surface area contributed by atoms with Gasteiger partial charge in [0.25, 0.3) is 5.91 Å². The number of nitrogens with zero attached hydrogens (tertiary/aromatic N) is 1. The summed E-state index contributed by atoms with van der Waals surface area (Å²) in [5.41, 5.74) is 0. The van der Waals surface area contributed by atoms with Crippen molar-refractivity contribution in [2.24, 2.45) is 0 Å². The molecule has 68 valence electrons. The van der Waals surface area contributed by atoms with Crippen molar-refractivity contribution in [2.75, 3.05) is 0 Å². The highest BCUT2D eigenvalue weighted by molar-refractivity contribution is 6.04. The summed E-state index contributed by atoms with van der Waals surface area (Å²) < 4.78 is 0. The van der Waals surface area contributed by atoms with E-state index in [1.54, 1.807) is 0 Å². The molecule has 0 aromatic rings. The second-order valence-corrected chi connectivity index (χ2v) is 3.35. The van der Waals surface area contributed by atoms with Crippen molar-refractivity contribution < 1.29 is 9.59 Å². The molecule has 0 aromatic carbocycles. The smallest absolute Gasteiger partial charge is 0.325 e. The van der Waals surface area contributed by atoms with Crippen LogP contribution in [-0.2, 0) is 4.79 Å². The van der Waals surface area contributed by atoms with Crippen LogP contribution in [0.25, 0.3) is 0 Å². The van der Waals surface area contributed by atoms with Gasteiger partial charge < -0.3 is 5.32 Å². The van der Waals surface area contributed by atoms with Crippen LogP contribution in [0.2, 0.25) is 0 Å². The van der Waals surface area contributed by atoms with E-state index in [1.165, 1.54) is 4.90 Å². The molecule has 3 amide bonds. The molecule has 1 atom stereocenters. The molecule has 1 aliphatic carbocycles. The summed E-state index contributed by atoms with van der Waals surface area (Å²) in [6, 6.07) is -0.638. The van der Waals surface area contributed by atoms with Crippen molar-refractivity contribution in [1.29, 1.82) is 0 Å². The lowest BCUT2D eigenvalue weighted by atomic mass is 10.2. The zero-order valence-electron chi connectivity index (χ0n) is 7.12. The molecule has 1 saturated heterocycles. The van der Waals surface area contributed by atoms with Gasteiger partial charge in [-0.2, -0.15) is 0 Å². The molecule has 13 heavy (non-hydrogen) atoms. The van der Waals surface area contributed by atoms with E-state index in [4.69, 9.17) is 6.42 Å². The number of terminal acetylenes is 1. The first-order chi connectivity index (χ1) is 6.24. The zero-order valence-corrected chi connectivity index (χ0v) is 7.12. The molecule has 0 radical (unpaired) electrons. The molecule has 0 aromatic heterocycles. The molecule has 1 N–H and O–H groups in total. The largest absolute Gasteiger partial charge is 0.325 e. The average Bonchev–Trinajstić information content (AvgIpc) is 2.84. The Bertz CT molecular complexity index is 301. The lowest BCUT2D eigenvalue weighted by Crippen LogP contribution is -2.33. The van der Waals surface area contributed by atoms with Crippen LogP contribution >= 0.6 is 0 Å². The summed E-state index contributed by atoms with van der Waals surface area (Å²) >= 11 is 0. The van der Waals surface area contributed by atoms with Gasteiger partial charge in [0, 0.05) is 12.5 Å². The van der Waals surface area contributed by atoms with Crippen LogP contribution in [0.1, 0.15) is 19.3 Å². The van der Waals surface area contributed by atoms with Crippen LogP contribution in [-0.4, -0.2) is 28.9 Å². The first kappa shape index (κ1) is 8.11. The fraction of sp³-hybridized carbons (Fsp3) is 0.556. The quantitative estimate of drug-likeness (QED) is 0.481. The summed E-state index contributed by atoms with van der Waals surface area (Å²) in [5, 5.41) is 2.57. The van der Waals surface area contributed by atoms with Gasteiger partial charge in [0.15, 0.2) is 0 Å². The van der Waals surface area contributed by atoms with E-state index in [2.05, 4.69) is 11.2 Å². The van der Waals surface area contributed by atoms with Crippen molar-refractivity contribution in [3.05, 3.63) is 0 Å². The summed E-state index contributed by atoms with van der Waals surface area (Å²) in [4.78, 5) is 24.1. The van der Waals surface area contributed by atoms with E-state index in [0.29, 0.717) is 0 Å². The van der Waals surface area contributed by atoms with Crippen LogP contribution in [0.5, 0.6) is 0 Å². The van der Waals surface area contributed by atoms with Crippen molar-refractivity contribution in [3.63, 3.8) is 0 Å². The first-order valence-corrected chi connectivity index (χ1v) is 4.31. The Labute approximate surface area is 76.3 Å². The predicted octanol–water partition coefficient (Wildman–Crippen LogP) is 0.0925. The summed E-state index contributed by atoms with van der Waals surface area (Å²) in [6.07, 6.45) is 7.23. The first-order valence-electron chi connectivity index (χ1n) is 4.31. The maximum absolute atomic E-state index is 11.5. The summed E-state index contributed by atoms with van der Waals surface area (Å²) in [5.74, 6) is 2.22. The molecule has 2 rings (SSSR count). The normalized spacial score (nSPS) is 27.3. The molecule has 0 bridgehead atoms. The molecule has 0 spiro atoms. The lowest BCUT2D eigenvalue weighted by molar-refractivity contribution is -0.127. The molecule has 4 heteroatoms. The van der Waals surface area contributed by atoms with Crippen molar-refractivity contribution in [2.45, 2.75) is 31.3 Å². The molecule has 1 aliphatic heterocycles. The average molecular weight is 178 g/mol. The van der Waals surface area contributed by atoms with Crippen LogP contribution in [0.4, 0.5) is 4.79 Å². The Morgan fingerprint density at radius 2 is 2.23 bits per heavy atom. The molecule has 1 unspecified atom stereocenters. The van der Waals surface area contributed by atoms with Crippen LogP contribution in [0, 0.1) is 12.3 Å². The van der Waals surface area contributed by atoms with Crippen LogP contribution in [0.3, 0.4) is 0 Å². The zero-order chi connectivity index (χ0) is 9.42. The van der Waals surface area contributed by atoms with Crippen molar-refractivity contribution in [1.82, 2.24) is 10.2 Å². The molecule has 2 aliphatic rings. The van der Waals surface area contributed by atoms with Gasteiger partial charge in [0.2, 0.25) is 0 Å². The fourth-order valence-corrected chi connectivity index (χ4v) is 1.48. The Hall–Kier alpha value is -1.50. The number of hydrogen-bond donors (Lipinski definition) is 1. The van der Waals surface area contributed by atoms with Crippen LogP contribution < -0.4 is 5.32 Å². The van der Waals surface area contributed by atoms with E-state index in [1.807, 2.05) is 0 Å². The highest BCUT2D eigenvalue weighted by Gasteiger charge is 2.45. The Morgan fingerprint density at radius 1 is 1.54 bits per heavy atom. The van der Waals surface area contributed by atoms with E-state index < -0.39 is 6.04 Å². The number of hydrogen-bond acceptors (Lipinski definition) is 2. The lowest BCUT2D eigenvalue weighted by Gasteiger charge is -2.09. The second kappa shape index (κ2) is 2.77. The number of amides is 3. The van der Waals surface area contributed by atoms with Gasteiger partial charge in [0.1, 0.15) is 6.04 Å². The molecular formula is C9H10N2O2. The standard InChI is InChI=1S/C9H10N2O2/c1-2-3-7-8(12)11(6-4-5-6)9(13)10-7/h1,6-7H,3-5H2,(H,10,13). The summed E-state index contributed by atoms with van der Waals surface area (Å²) in [6.45, 7) is 0. The third kappa shape index (κ3) is 1.26. The maximum atomic E-state index is 11.5. The van der Waals surface area contributed by atoms with Crippen molar-refractivity contribution >= 4 is 11.9 Å². The van der Waals surface area contributed by atoms with Gasteiger partial charge in [-0.1, -0.05) is 0 Å². The van der Waals surface area contributed by atoms with E-state index in [0.717, 1.165) is 12.8 Å². The minimum atomic E-state index is -0.488. The molecule has 2 fully saturated rings. The third-order valence-electron chi connectivity index (χ3n) is 2.29. The highest BCUT2D eigenvalue weighted by Crippen LogP contribution is 2.29. The van der Waals surface area contributed by atoms with Gasteiger partial charge in [0.05, 0.1) is 0 Å². The SMILES string of the molecule is C#CCC1NC(=O)N(C2CC2)C1=O. The number of carbonyl (C=O) groups is 2.